The van der Waals surface area contributed by atoms with E-state index in [4.69, 9.17) is 4.74 Å². The number of hydrogen-bond donors (Lipinski definition) is 2. The predicted molar refractivity (Wildman–Crippen MR) is 114 cm³/mol. The van der Waals surface area contributed by atoms with Crippen LogP contribution in [0.5, 0.6) is 5.75 Å². The number of alkyl halides is 3. The lowest BCUT2D eigenvalue weighted by Crippen LogP contribution is -2.35. The van der Waals surface area contributed by atoms with Gasteiger partial charge in [0, 0.05) is 42.6 Å². The fraction of sp³-hybridized carbons (Fsp3) is 0.304. The van der Waals surface area contributed by atoms with Gasteiger partial charge in [-0.25, -0.2) is 4.79 Å². The number of anilines is 1. The maximum absolute atomic E-state index is 12.3. The molecule has 2 amide bonds. The third kappa shape index (κ3) is 5.88. The Morgan fingerprint density at radius 2 is 1.81 bits per heavy atom. The van der Waals surface area contributed by atoms with Crippen molar-refractivity contribution < 1.29 is 27.4 Å². The van der Waals surface area contributed by atoms with Crippen LogP contribution in [0.1, 0.15) is 12.8 Å². The fourth-order valence-electron chi connectivity index (χ4n) is 3.57. The minimum atomic E-state index is -4.72. The molecule has 0 radical (unpaired) electrons. The summed E-state index contributed by atoms with van der Waals surface area (Å²) in [7, 11) is 0. The number of fused-ring (bicyclic) bond motifs is 1. The highest BCUT2D eigenvalue weighted by Gasteiger charge is 2.31. The summed E-state index contributed by atoms with van der Waals surface area (Å²) < 4.78 is 46.2. The Labute approximate surface area is 182 Å². The molecule has 1 saturated heterocycles. The van der Waals surface area contributed by atoms with Gasteiger partial charge in [-0.3, -0.25) is 4.98 Å². The number of hydrogen-bond acceptors (Lipinski definition) is 4. The van der Waals surface area contributed by atoms with Gasteiger partial charge in [0.25, 0.3) is 0 Å². The first-order valence-electron chi connectivity index (χ1n) is 10.2. The zero-order chi connectivity index (χ0) is 22.6. The lowest BCUT2D eigenvalue weighted by atomic mass is 10.0. The number of halogens is 3. The smallest absolute Gasteiger partial charge is 0.406 e. The van der Waals surface area contributed by atoms with E-state index in [9.17, 15) is 18.0 Å². The number of rotatable bonds is 5. The zero-order valence-corrected chi connectivity index (χ0v) is 17.1. The van der Waals surface area contributed by atoms with Crippen LogP contribution in [0.4, 0.5) is 23.7 Å². The molecule has 0 atom stereocenters. The number of aromatic nitrogens is 1. The van der Waals surface area contributed by atoms with E-state index in [-0.39, 0.29) is 11.8 Å². The average molecular weight is 445 g/mol. The predicted octanol–water partition coefficient (Wildman–Crippen LogP) is 5.35. The Hall–Kier alpha value is -3.33. The summed E-state index contributed by atoms with van der Waals surface area (Å²) in [5.41, 5.74) is 2.78. The molecule has 2 aromatic carbocycles. The SMILES string of the molecule is O=C(NCC1CCOCC1)Nc1ccc2cc(-c3ccc(OC(F)(F)F)cc3)cnc2c1. The van der Waals surface area contributed by atoms with E-state index in [2.05, 4.69) is 20.4 Å². The number of benzene rings is 2. The van der Waals surface area contributed by atoms with E-state index >= 15 is 0 Å². The van der Waals surface area contributed by atoms with Crippen molar-refractivity contribution in [2.75, 3.05) is 25.1 Å². The fourth-order valence-corrected chi connectivity index (χ4v) is 3.57. The van der Waals surface area contributed by atoms with Crippen LogP contribution in [0.2, 0.25) is 0 Å². The molecule has 1 aliphatic heterocycles. The van der Waals surface area contributed by atoms with E-state index in [1.165, 1.54) is 12.1 Å². The molecule has 6 nitrogen and oxygen atoms in total. The number of nitrogens with one attached hydrogen (secondary N) is 2. The molecule has 0 bridgehead atoms. The summed E-state index contributed by atoms with van der Waals surface area (Å²) in [6.07, 6.45) is -1.20. The molecular formula is C23H22F3N3O3. The van der Waals surface area contributed by atoms with Crippen molar-refractivity contribution in [3.8, 4) is 16.9 Å². The molecule has 0 spiro atoms. The largest absolute Gasteiger partial charge is 0.573 e. The summed E-state index contributed by atoms with van der Waals surface area (Å²) in [4.78, 5) is 16.6. The minimum absolute atomic E-state index is 0.270. The molecule has 168 valence electrons. The number of amides is 2. The van der Waals surface area contributed by atoms with Crippen molar-refractivity contribution in [1.29, 1.82) is 0 Å². The molecule has 0 unspecified atom stereocenters. The molecule has 9 heteroatoms. The molecule has 0 aliphatic carbocycles. The summed E-state index contributed by atoms with van der Waals surface area (Å²) in [6, 6.07) is 12.6. The molecule has 32 heavy (non-hydrogen) atoms. The van der Waals surface area contributed by atoms with Gasteiger partial charge >= 0.3 is 12.4 Å². The van der Waals surface area contributed by atoms with Gasteiger partial charge in [-0.15, -0.1) is 13.2 Å². The lowest BCUT2D eigenvalue weighted by molar-refractivity contribution is -0.274. The topological polar surface area (TPSA) is 72.5 Å². The second-order valence-corrected chi connectivity index (χ2v) is 7.59. The van der Waals surface area contributed by atoms with Gasteiger partial charge in [-0.1, -0.05) is 18.2 Å². The Kier molecular flexibility index (Phi) is 6.45. The Bertz CT molecular complexity index is 1080. The third-order valence-corrected chi connectivity index (χ3v) is 5.26. The summed E-state index contributed by atoms with van der Waals surface area (Å²) >= 11 is 0. The monoisotopic (exact) mass is 445 g/mol. The van der Waals surface area contributed by atoms with Crippen LogP contribution in [0, 0.1) is 5.92 Å². The van der Waals surface area contributed by atoms with E-state index in [1.807, 2.05) is 12.1 Å². The first-order valence-corrected chi connectivity index (χ1v) is 10.2. The van der Waals surface area contributed by atoms with Crippen LogP contribution in [0.3, 0.4) is 0 Å². The van der Waals surface area contributed by atoms with Crippen LogP contribution < -0.4 is 15.4 Å². The lowest BCUT2D eigenvalue weighted by Gasteiger charge is -2.22. The number of pyridine rings is 1. The van der Waals surface area contributed by atoms with Gasteiger partial charge < -0.3 is 20.1 Å². The van der Waals surface area contributed by atoms with Gasteiger partial charge in [0.05, 0.1) is 5.52 Å². The second-order valence-electron chi connectivity index (χ2n) is 7.59. The van der Waals surface area contributed by atoms with E-state index < -0.39 is 6.36 Å². The molecular weight excluding hydrogens is 423 g/mol. The van der Waals surface area contributed by atoms with Crippen molar-refractivity contribution in [3.63, 3.8) is 0 Å². The number of ether oxygens (including phenoxy) is 2. The van der Waals surface area contributed by atoms with Crippen molar-refractivity contribution >= 4 is 22.6 Å². The highest BCUT2D eigenvalue weighted by molar-refractivity contribution is 5.93. The molecule has 4 rings (SSSR count). The minimum Gasteiger partial charge on any atom is -0.406 e. The van der Waals surface area contributed by atoms with Gasteiger partial charge in [0.2, 0.25) is 0 Å². The summed E-state index contributed by atoms with van der Waals surface area (Å²) in [6.45, 7) is 2.08. The van der Waals surface area contributed by atoms with Gasteiger partial charge in [-0.05, 0) is 54.7 Å². The van der Waals surface area contributed by atoms with Crippen LogP contribution >= 0.6 is 0 Å². The molecule has 1 aliphatic rings. The molecule has 2 N–H and O–H groups in total. The van der Waals surface area contributed by atoms with Crippen molar-refractivity contribution in [2.24, 2.45) is 5.92 Å². The van der Waals surface area contributed by atoms with Crippen LogP contribution in [-0.4, -0.2) is 37.1 Å². The number of carbonyl (C=O) groups is 1. The quantitative estimate of drug-likeness (QED) is 0.556. The highest BCUT2D eigenvalue weighted by atomic mass is 19.4. The Balaban J connectivity index is 1.40. The average Bonchev–Trinajstić information content (AvgIpc) is 2.77. The number of nitrogens with zero attached hydrogens (tertiary/aromatic N) is 1. The van der Waals surface area contributed by atoms with E-state index in [0.29, 0.717) is 29.2 Å². The van der Waals surface area contributed by atoms with Crippen molar-refractivity contribution in [1.82, 2.24) is 10.3 Å². The van der Waals surface area contributed by atoms with Crippen LogP contribution in [0.25, 0.3) is 22.0 Å². The van der Waals surface area contributed by atoms with Gasteiger partial charge in [0.1, 0.15) is 5.75 Å². The number of carbonyl (C=O) groups excluding carboxylic acids is 1. The third-order valence-electron chi connectivity index (χ3n) is 5.26. The van der Waals surface area contributed by atoms with Crippen molar-refractivity contribution in [3.05, 3.63) is 54.7 Å². The van der Waals surface area contributed by atoms with E-state index in [1.54, 1.807) is 30.5 Å². The summed E-state index contributed by atoms with van der Waals surface area (Å²) in [5, 5.41) is 6.55. The van der Waals surface area contributed by atoms with E-state index in [0.717, 1.165) is 37.0 Å². The standard InChI is InChI=1S/C23H22F3N3O3/c24-23(25,26)32-20-5-2-16(3-6-20)18-11-17-1-4-19(12-21(17)27-14-18)29-22(30)28-13-15-7-9-31-10-8-15/h1-6,11-12,14-15H,7-10,13H2,(H2,28,29,30). The second kappa shape index (κ2) is 9.44. The molecule has 1 aromatic heterocycles. The maximum atomic E-state index is 12.3. The highest BCUT2D eigenvalue weighted by Crippen LogP contribution is 2.28. The van der Waals surface area contributed by atoms with Gasteiger partial charge in [-0.2, -0.15) is 0 Å². The molecule has 1 fully saturated rings. The maximum Gasteiger partial charge on any atom is 0.573 e. The van der Waals surface area contributed by atoms with Crippen molar-refractivity contribution in [2.45, 2.75) is 19.2 Å². The van der Waals surface area contributed by atoms with Crippen LogP contribution in [-0.2, 0) is 4.74 Å². The van der Waals surface area contributed by atoms with Crippen LogP contribution in [0.15, 0.2) is 54.7 Å². The molecule has 3 aromatic rings. The summed E-state index contributed by atoms with van der Waals surface area (Å²) in [5.74, 6) is 0.154. The zero-order valence-electron chi connectivity index (χ0n) is 17.1. The first-order chi connectivity index (χ1) is 15.4. The molecule has 2 heterocycles. The Morgan fingerprint density at radius 1 is 1.06 bits per heavy atom. The number of urea groups is 1. The van der Waals surface area contributed by atoms with Gasteiger partial charge in [0.15, 0.2) is 0 Å². The normalized spacial score (nSPS) is 14.8. The Morgan fingerprint density at radius 3 is 2.53 bits per heavy atom. The molecule has 0 saturated carbocycles. The first kappa shape index (κ1) is 21.9.